The van der Waals surface area contributed by atoms with Crippen LogP contribution in [-0.4, -0.2) is 96.7 Å². The van der Waals surface area contributed by atoms with Gasteiger partial charge in [-0.15, -0.1) is 0 Å². The number of carbonyl (C=O) groups excluding carboxylic acids is 4. The van der Waals surface area contributed by atoms with Crippen molar-refractivity contribution in [3.8, 4) is 0 Å². The number of phosphoric ester groups is 2. The molecule has 0 aromatic rings. The molecule has 3 N–H and O–H groups in total. The van der Waals surface area contributed by atoms with Crippen LogP contribution in [0, 0.1) is 17.8 Å². The summed E-state index contributed by atoms with van der Waals surface area (Å²) in [6.45, 7) is 11.9. The maximum atomic E-state index is 13.1. The molecule has 0 spiro atoms. The molecule has 0 heterocycles. The van der Waals surface area contributed by atoms with E-state index in [0.29, 0.717) is 31.6 Å². The average molecular weight is 1480 g/mol. The summed E-state index contributed by atoms with van der Waals surface area (Å²) in [5.74, 6) is 0.154. The molecule has 0 saturated heterocycles. The topological polar surface area (TPSA) is 237 Å². The summed E-state index contributed by atoms with van der Waals surface area (Å²) in [5.41, 5.74) is 0. The van der Waals surface area contributed by atoms with Crippen molar-refractivity contribution in [2.24, 2.45) is 17.8 Å². The first-order valence-corrected chi connectivity index (χ1v) is 45.3. The number of hydrogen-bond donors (Lipinski definition) is 3. The zero-order valence-electron chi connectivity index (χ0n) is 66.4. The van der Waals surface area contributed by atoms with Gasteiger partial charge in [-0.3, -0.25) is 37.3 Å². The van der Waals surface area contributed by atoms with E-state index in [0.717, 1.165) is 108 Å². The van der Waals surface area contributed by atoms with Gasteiger partial charge in [0, 0.05) is 25.7 Å². The summed E-state index contributed by atoms with van der Waals surface area (Å²) in [6, 6.07) is 0. The number of hydrogen-bond acceptors (Lipinski definition) is 15. The molecule has 0 aromatic heterocycles. The molecule has 17 nitrogen and oxygen atoms in total. The number of aliphatic hydroxyl groups excluding tert-OH is 1. The van der Waals surface area contributed by atoms with Crippen LogP contribution in [0.15, 0.2) is 0 Å². The molecule has 0 aliphatic rings. The van der Waals surface area contributed by atoms with Crippen LogP contribution in [0.3, 0.4) is 0 Å². The Kier molecular flexibility index (Phi) is 70.9. The van der Waals surface area contributed by atoms with Gasteiger partial charge >= 0.3 is 39.5 Å². The fourth-order valence-electron chi connectivity index (χ4n) is 12.7. The highest BCUT2D eigenvalue weighted by Gasteiger charge is 2.30. The maximum absolute atomic E-state index is 13.1. The van der Waals surface area contributed by atoms with Crippen LogP contribution in [0.25, 0.3) is 0 Å². The highest BCUT2D eigenvalue weighted by molar-refractivity contribution is 7.47. The Morgan fingerprint density at radius 1 is 0.267 bits per heavy atom. The van der Waals surface area contributed by atoms with Crippen LogP contribution in [0.5, 0.6) is 0 Å². The minimum atomic E-state index is -4.96. The maximum Gasteiger partial charge on any atom is 0.472 e. The van der Waals surface area contributed by atoms with Gasteiger partial charge in [-0.25, -0.2) is 9.13 Å². The van der Waals surface area contributed by atoms with E-state index in [1.807, 2.05) is 0 Å². The molecular weight excluding hydrogens is 1320 g/mol. The van der Waals surface area contributed by atoms with E-state index in [1.54, 1.807) is 0 Å². The summed E-state index contributed by atoms with van der Waals surface area (Å²) in [5, 5.41) is 10.6. The van der Waals surface area contributed by atoms with E-state index in [9.17, 15) is 43.2 Å². The number of unbranched alkanes of at least 4 members (excludes halogenated alkanes) is 48. The molecule has 0 radical (unpaired) electrons. The molecule has 0 aliphatic carbocycles. The molecule has 600 valence electrons. The summed E-state index contributed by atoms with van der Waals surface area (Å²) in [7, 11) is -9.92. The third-order valence-electron chi connectivity index (χ3n) is 19.1. The van der Waals surface area contributed by atoms with Crippen LogP contribution in [0.2, 0.25) is 0 Å². The van der Waals surface area contributed by atoms with Gasteiger partial charge in [-0.1, -0.05) is 376 Å². The van der Waals surface area contributed by atoms with Crippen LogP contribution < -0.4 is 0 Å². The lowest BCUT2D eigenvalue weighted by atomic mass is 10.0. The van der Waals surface area contributed by atoms with Crippen LogP contribution in [0.4, 0.5) is 0 Å². The number of rotatable bonds is 80. The van der Waals surface area contributed by atoms with Crippen molar-refractivity contribution in [1.29, 1.82) is 0 Å². The molecular formula is C82H160O17P2. The molecule has 0 aromatic carbocycles. The third-order valence-corrected chi connectivity index (χ3v) is 21.0. The van der Waals surface area contributed by atoms with Crippen molar-refractivity contribution in [3.63, 3.8) is 0 Å². The van der Waals surface area contributed by atoms with Gasteiger partial charge in [0.15, 0.2) is 12.2 Å². The standard InChI is InChI=1S/C82H160O17P2/c1-8-9-10-11-12-13-14-15-16-17-18-19-20-27-32-37-42-51-58-65-81(86)98-77(69-92-79(84)63-56-49-41-36-31-26-22-21-24-29-34-39-46-53-60-73(2)3)71-96-100(88,89)94-67-76(83)68-95-101(90,91)97-72-78(70-93-80(85)64-57-50-45-44-48-55-62-75(6)7)99-82(87)66-59-52-43-38-33-28-23-25-30-35-40-47-54-61-74(4)5/h73-78,83H,8-72H2,1-7H3,(H,88,89)(H,90,91)/t76-,77-,78-/m1/s1. The first-order valence-electron chi connectivity index (χ1n) is 42.3. The first-order chi connectivity index (χ1) is 48.7. The van der Waals surface area contributed by atoms with E-state index >= 15 is 0 Å². The van der Waals surface area contributed by atoms with Crippen molar-refractivity contribution < 1.29 is 80.2 Å². The minimum absolute atomic E-state index is 0.106. The first kappa shape index (κ1) is 99.1. The van der Waals surface area contributed by atoms with Crippen LogP contribution in [0.1, 0.15) is 427 Å². The Morgan fingerprint density at radius 2 is 0.455 bits per heavy atom. The number of phosphoric acid groups is 2. The largest absolute Gasteiger partial charge is 0.472 e. The van der Waals surface area contributed by atoms with Gasteiger partial charge in [-0.05, 0) is 43.4 Å². The SMILES string of the molecule is CCCCCCCCCCCCCCCCCCCCCC(=O)O[C@H](COC(=O)CCCCCCCCCCCCCCCCC(C)C)COP(=O)(O)OC[C@@H](O)COP(=O)(O)OC[C@@H](COC(=O)CCCCCCCCC(C)C)OC(=O)CCCCCCCCCCCCCCCC(C)C. The normalized spacial score (nSPS) is 14.0. The van der Waals surface area contributed by atoms with Crippen molar-refractivity contribution in [2.45, 2.75) is 446 Å². The highest BCUT2D eigenvalue weighted by atomic mass is 31.2. The predicted molar refractivity (Wildman–Crippen MR) is 414 cm³/mol. The molecule has 0 aliphatic heterocycles. The smallest absolute Gasteiger partial charge is 0.462 e. The van der Waals surface area contributed by atoms with E-state index in [-0.39, 0.29) is 25.7 Å². The summed E-state index contributed by atoms with van der Waals surface area (Å²) < 4.78 is 68.7. The number of esters is 4. The highest BCUT2D eigenvalue weighted by Crippen LogP contribution is 2.45. The molecule has 0 rings (SSSR count). The van der Waals surface area contributed by atoms with E-state index in [4.69, 9.17) is 37.0 Å². The van der Waals surface area contributed by atoms with Gasteiger partial charge in [0.05, 0.1) is 26.4 Å². The molecule has 101 heavy (non-hydrogen) atoms. The van der Waals surface area contributed by atoms with E-state index in [1.165, 1.54) is 231 Å². The number of ether oxygens (including phenoxy) is 4. The van der Waals surface area contributed by atoms with Crippen LogP contribution in [-0.2, 0) is 65.4 Å². The lowest BCUT2D eigenvalue weighted by molar-refractivity contribution is -0.161. The van der Waals surface area contributed by atoms with E-state index in [2.05, 4.69) is 48.5 Å². The number of carbonyl (C=O) groups is 4. The second-order valence-electron chi connectivity index (χ2n) is 30.9. The Morgan fingerprint density at radius 3 is 0.673 bits per heavy atom. The second-order valence-corrected chi connectivity index (χ2v) is 33.8. The van der Waals surface area contributed by atoms with Crippen molar-refractivity contribution >= 4 is 39.5 Å². The molecule has 5 atom stereocenters. The fraction of sp³-hybridized carbons (Fsp3) is 0.951. The Labute approximate surface area is 619 Å². The Bertz CT molecular complexity index is 1960. The summed E-state index contributed by atoms with van der Waals surface area (Å²) in [6.07, 6.45) is 61.2. The molecule has 2 unspecified atom stereocenters. The predicted octanol–water partition coefficient (Wildman–Crippen LogP) is 24.5. The van der Waals surface area contributed by atoms with Gasteiger partial charge < -0.3 is 33.8 Å². The van der Waals surface area contributed by atoms with Crippen LogP contribution >= 0.6 is 15.6 Å². The van der Waals surface area contributed by atoms with E-state index < -0.39 is 97.5 Å². The summed E-state index contributed by atoms with van der Waals surface area (Å²) in [4.78, 5) is 73.0. The third kappa shape index (κ3) is 76.1. The monoisotopic (exact) mass is 1480 g/mol. The lowest BCUT2D eigenvalue weighted by Gasteiger charge is -2.21. The lowest BCUT2D eigenvalue weighted by Crippen LogP contribution is -2.30. The van der Waals surface area contributed by atoms with Crippen molar-refractivity contribution in [3.05, 3.63) is 0 Å². The zero-order chi connectivity index (χ0) is 74.4. The molecule has 0 bridgehead atoms. The number of aliphatic hydroxyl groups is 1. The average Bonchev–Trinajstić information content (AvgIpc) is 0.941. The molecule has 0 fully saturated rings. The molecule has 19 heteroatoms. The quantitative estimate of drug-likeness (QED) is 0.0222. The van der Waals surface area contributed by atoms with Gasteiger partial charge in [0.2, 0.25) is 0 Å². The zero-order valence-corrected chi connectivity index (χ0v) is 68.2. The van der Waals surface area contributed by atoms with Gasteiger partial charge in [0.25, 0.3) is 0 Å². The van der Waals surface area contributed by atoms with Crippen molar-refractivity contribution in [1.82, 2.24) is 0 Å². The minimum Gasteiger partial charge on any atom is -0.462 e. The fourth-order valence-corrected chi connectivity index (χ4v) is 14.2. The Balaban J connectivity index is 5.23. The van der Waals surface area contributed by atoms with Gasteiger partial charge in [0.1, 0.15) is 19.3 Å². The molecule has 0 saturated carbocycles. The summed E-state index contributed by atoms with van der Waals surface area (Å²) >= 11 is 0. The second kappa shape index (κ2) is 72.3. The van der Waals surface area contributed by atoms with Gasteiger partial charge in [-0.2, -0.15) is 0 Å². The molecule has 0 amide bonds. The Hall–Kier alpha value is -1.94. The van der Waals surface area contributed by atoms with Crippen molar-refractivity contribution in [2.75, 3.05) is 39.6 Å².